The molecule has 8 heteroatoms. The number of nitrogens with one attached hydrogen (secondary N) is 1. The average Bonchev–Trinajstić information content (AvgIpc) is 3.43. The van der Waals surface area contributed by atoms with Crippen LogP contribution in [0.5, 0.6) is 0 Å². The van der Waals surface area contributed by atoms with Gasteiger partial charge in [0.05, 0.1) is 0 Å². The molecule has 2 aromatic rings. The van der Waals surface area contributed by atoms with E-state index in [1.54, 1.807) is 15.6 Å². The number of aromatic nitrogens is 2. The molecule has 1 aromatic carbocycles. The summed E-state index contributed by atoms with van der Waals surface area (Å²) in [4.78, 5) is 40.7. The molecular formula is C23H29N5O3. The molecule has 3 amide bonds. The Labute approximate surface area is 182 Å². The van der Waals surface area contributed by atoms with Gasteiger partial charge in [-0.1, -0.05) is 6.07 Å². The number of nitrogens with zero attached hydrogens (tertiary/aromatic N) is 4. The molecular weight excluding hydrogens is 394 g/mol. The molecule has 0 spiro atoms. The fourth-order valence-corrected chi connectivity index (χ4v) is 4.30. The third-order valence-corrected chi connectivity index (χ3v) is 6.07. The van der Waals surface area contributed by atoms with Crippen LogP contribution in [0.2, 0.25) is 0 Å². The Morgan fingerprint density at radius 2 is 1.97 bits per heavy atom. The maximum absolute atomic E-state index is 12.6. The standard InChI is InChI=1S/C23H29N5O3/c1-2-27-14-10-20(25-27)23(31)26-12-8-17(9-13-26)15-21(29)24-18-5-3-6-19(16-18)28-11-4-7-22(28)30/h3,5-6,10,14,16-17H,2,4,7-9,11-13,15H2,1H3,(H,24,29). The van der Waals surface area contributed by atoms with E-state index in [0.29, 0.717) is 37.3 Å². The second kappa shape index (κ2) is 9.32. The lowest BCUT2D eigenvalue weighted by molar-refractivity contribution is -0.118. The molecule has 4 rings (SSSR count). The molecule has 31 heavy (non-hydrogen) atoms. The zero-order valence-electron chi connectivity index (χ0n) is 17.9. The van der Waals surface area contributed by atoms with Crippen molar-refractivity contribution in [2.75, 3.05) is 29.9 Å². The predicted octanol–water partition coefficient (Wildman–Crippen LogP) is 2.91. The van der Waals surface area contributed by atoms with Crippen molar-refractivity contribution in [3.8, 4) is 0 Å². The summed E-state index contributed by atoms with van der Waals surface area (Å²) in [7, 11) is 0. The third-order valence-electron chi connectivity index (χ3n) is 6.07. The van der Waals surface area contributed by atoms with Gasteiger partial charge >= 0.3 is 0 Å². The smallest absolute Gasteiger partial charge is 0.274 e. The molecule has 2 fully saturated rings. The SMILES string of the molecule is CCn1ccc(C(=O)N2CCC(CC(=O)Nc3cccc(N4CCCC4=O)c3)CC2)n1. The second-order valence-corrected chi connectivity index (χ2v) is 8.24. The van der Waals surface area contributed by atoms with E-state index in [1.165, 1.54) is 0 Å². The molecule has 0 unspecified atom stereocenters. The van der Waals surface area contributed by atoms with Gasteiger partial charge in [0.15, 0.2) is 0 Å². The molecule has 3 heterocycles. The number of carbonyl (C=O) groups is 3. The number of hydrogen-bond acceptors (Lipinski definition) is 4. The van der Waals surface area contributed by atoms with Gasteiger partial charge in [-0.25, -0.2) is 0 Å². The number of amides is 3. The highest BCUT2D eigenvalue weighted by atomic mass is 16.2. The van der Waals surface area contributed by atoms with Crippen LogP contribution in [0.15, 0.2) is 36.5 Å². The highest BCUT2D eigenvalue weighted by Gasteiger charge is 2.26. The van der Waals surface area contributed by atoms with Crippen molar-refractivity contribution < 1.29 is 14.4 Å². The highest BCUT2D eigenvalue weighted by molar-refractivity contribution is 5.97. The van der Waals surface area contributed by atoms with Gasteiger partial charge in [-0.3, -0.25) is 19.1 Å². The average molecular weight is 424 g/mol. The lowest BCUT2D eigenvalue weighted by atomic mass is 9.93. The Kier molecular flexibility index (Phi) is 6.34. The van der Waals surface area contributed by atoms with Gasteiger partial charge in [0.1, 0.15) is 5.69 Å². The molecule has 2 saturated heterocycles. The molecule has 0 radical (unpaired) electrons. The lowest BCUT2D eigenvalue weighted by Gasteiger charge is -2.31. The van der Waals surface area contributed by atoms with E-state index in [4.69, 9.17) is 0 Å². The van der Waals surface area contributed by atoms with Gasteiger partial charge in [0.2, 0.25) is 11.8 Å². The van der Waals surface area contributed by atoms with E-state index in [0.717, 1.165) is 38.0 Å². The minimum absolute atomic E-state index is 0.0311. The molecule has 0 atom stereocenters. The van der Waals surface area contributed by atoms with E-state index >= 15 is 0 Å². The van der Waals surface area contributed by atoms with Crippen molar-refractivity contribution in [3.05, 3.63) is 42.2 Å². The first-order chi connectivity index (χ1) is 15.0. The number of aryl methyl sites for hydroxylation is 1. The van der Waals surface area contributed by atoms with Crippen LogP contribution < -0.4 is 10.2 Å². The summed E-state index contributed by atoms with van der Waals surface area (Å²) in [5.41, 5.74) is 2.02. The van der Waals surface area contributed by atoms with E-state index in [-0.39, 0.29) is 23.6 Å². The summed E-state index contributed by atoms with van der Waals surface area (Å²) in [6.45, 7) is 4.73. The monoisotopic (exact) mass is 423 g/mol. The summed E-state index contributed by atoms with van der Waals surface area (Å²) in [6.07, 6.45) is 5.31. The van der Waals surface area contributed by atoms with Crippen molar-refractivity contribution in [3.63, 3.8) is 0 Å². The van der Waals surface area contributed by atoms with Crippen LogP contribution >= 0.6 is 0 Å². The van der Waals surface area contributed by atoms with Crippen LogP contribution in [0.25, 0.3) is 0 Å². The predicted molar refractivity (Wildman–Crippen MR) is 118 cm³/mol. The van der Waals surface area contributed by atoms with Crippen molar-refractivity contribution in [2.45, 2.75) is 45.6 Å². The second-order valence-electron chi connectivity index (χ2n) is 8.24. The first-order valence-corrected chi connectivity index (χ1v) is 11.1. The number of benzene rings is 1. The van der Waals surface area contributed by atoms with Crippen LogP contribution in [0.3, 0.4) is 0 Å². The Hall–Kier alpha value is -3.16. The van der Waals surface area contributed by atoms with Crippen LogP contribution in [0.4, 0.5) is 11.4 Å². The Bertz CT molecular complexity index is 962. The molecule has 1 aromatic heterocycles. The van der Waals surface area contributed by atoms with Gasteiger partial charge in [-0.15, -0.1) is 0 Å². The largest absolute Gasteiger partial charge is 0.337 e. The highest BCUT2D eigenvalue weighted by Crippen LogP contribution is 2.26. The minimum Gasteiger partial charge on any atom is -0.337 e. The minimum atomic E-state index is -0.0385. The van der Waals surface area contributed by atoms with Gasteiger partial charge in [0, 0.05) is 56.6 Å². The number of rotatable bonds is 6. The molecule has 0 saturated carbocycles. The molecule has 0 aliphatic carbocycles. The fourth-order valence-electron chi connectivity index (χ4n) is 4.30. The summed E-state index contributed by atoms with van der Waals surface area (Å²) < 4.78 is 1.75. The van der Waals surface area contributed by atoms with Gasteiger partial charge in [-0.2, -0.15) is 5.10 Å². The number of anilines is 2. The van der Waals surface area contributed by atoms with E-state index in [9.17, 15) is 14.4 Å². The quantitative estimate of drug-likeness (QED) is 0.774. The van der Waals surface area contributed by atoms with Crippen LogP contribution in [0.1, 0.15) is 49.5 Å². The summed E-state index contributed by atoms with van der Waals surface area (Å²) in [5, 5.41) is 7.26. The first-order valence-electron chi connectivity index (χ1n) is 11.1. The van der Waals surface area contributed by atoms with Crippen molar-refractivity contribution in [2.24, 2.45) is 5.92 Å². The number of carbonyl (C=O) groups excluding carboxylic acids is 3. The topological polar surface area (TPSA) is 87.5 Å². The zero-order chi connectivity index (χ0) is 21.8. The molecule has 1 N–H and O–H groups in total. The van der Waals surface area contributed by atoms with Gasteiger partial charge < -0.3 is 15.1 Å². The summed E-state index contributed by atoms with van der Waals surface area (Å²) >= 11 is 0. The molecule has 164 valence electrons. The Morgan fingerprint density at radius 1 is 1.16 bits per heavy atom. The van der Waals surface area contributed by atoms with Crippen LogP contribution in [-0.2, 0) is 16.1 Å². The number of piperidine rings is 1. The summed E-state index contributed by atoms with van der Waals surface area (Å²) in [6, 6.07) is 9.22. The van der Waals surface area contributed by atoms with E-state index < -0.39 is 0 Å². The molecule has 8 nitrogen and oxygen atoms in total. The normalized spacial score (nSPS) is 17.3. The molecule has 2 aliphatic rings. The first kappa shape index (κ1) is 21.1. The van der Waals surface area contributed by atoms with E-state index in [1.807, 2.05) is 42.3 Å². The maximum atomic E-state index is 12.6. The van der Waals surface area contributed by atoms with E-state index in [2.05, 4.69) is 10.4 Å². The van der Waals surface area contributed by atoms with Gasteiger partial charge in [0.25, 0.3) is 5.91 Å². The maximum Gasteiger partial charge on any atom is 0.274 e. The van der Waals surface area contributed by atoms with Gasteiger partial charge in [-0.05, 0) is 56.4 Å². The number of hydrogen-bond donors (Lipinski definition) is 1. The van der Waals surface area contributed by atoms with Crippen LogP contribution in [0, 0.1) is 5.92 Å². The van der Waals surface area contributed by atoms with Crippen molar-refractivity contribution in [1.82, 2.24) is 14.7 Å². The van der Waals surface area contributed by atoms with Crippen LogP contribution in [-0.4, -0.2) is 52.0 Å². The molecule has 0 bridgehead atoms. The van der Waals surface area contributed by atoms with Crippen molar-refractivity contribution >= 4 is 29.1 Å². The fraction of sp³-hybridized carbons (Fsp3) is 0.478. The Balaban J connectivity index is 1.26. The number of likely N-dealkylation sites (tertiary alicyclic amines) is 1. The Morgan fingerprint density at radius 3 is 2.65 bits per heavy atom. The zero-order valence-corrected chi connectivity index (χ0v) is 17.9. The summed E-state index contributed by atoms with van der Waals surface area (Å²) in [5.74, 6) is 0.312. The third kappa shape index (κ3) is 4.95. The lowest BCUT2D eigenvalue weighted by Crippen LogP contribution is -2.39. The van der Waals surface area contributed by atoms with Crippen molar-refractivity contribution in [1.29, 1.82) is 0 Å². The molecule has 2 aliphatic heterocycles.